The first-order valence-corrected chi connectivity index (χ1v) is 10.2. The molecule has 3 aromatic rings. The van der Waals surface area contributed by atoms with Crippen LogP contribution in [0.1, 0.15) is 30.0 Å². The Balaban J connectivity index is 1.57. The van der Waals surface area contributed by atoms with Gasteiger partial charge < -0.3 is 10.6 Å². The molecule has 0 aliphatic rings. The lowest BCUT2D eigenvalue weighted by Gasteiger charge is -2.12. The Morgan fingerprint density at radius 2 is 1.50 bits per heavy atom. The van der Waals surface area contributed by atoms with Crippen LogP contribution in [0.5, 0.6) is 0 Å². The van der Waals surface area contributed by atoms with Gasteiger partial charge in [0.2, 0.25) is 5.91 Å². The van der Waals surface area contributed by atoms with Crippen LogP contribution in [0.4, 0.5) is 11.4 Å². The molecule has 0 aliphatic heterocycles. The summed E-state index contributed by atoms with van der Waals surface area (Å²) in [7, 11) is 0. The molecule has 7 heteroatoms. The Labute approximate surface area is 186 Å². The van der Waals surface area contributed by atoms with Crippen molar-refractivity contribution in [3.8, 4) is 0 Å². The summed E-state index contributed by atoms with van der Waals surface area (Å²) in [4.78, 5) is 36.8. The lowest BCUT2D eigenvalue weighted by atomic mass is 10.0. The normalized spacial score (nSPS) is 11.2. The average Bonchev–Trinajstić information content (AvgIpc) is 2.74. The molecule has 0 spiro atoms. The summed E-state index contributed by atoms with van der Waals surface area (Å²) in [5, 5.41) is 11.1. The summed E-state index contributed by atoms with van der Waals surface area (Å²) in [6, 6.07) is 17.0. The summed E-state index contributed by atoms with van der Waals surface area (Å²) >= 11 is 0. The van der Waals surface area contributed by atoms with Gasteiger partial charge >= 0.3 is 11.8 Å². The minimum absolute atomic E-state index is 0.0159. The summed E-state index contributed by atoms with van der Waals surface area (Å²) in [5.41, 5.74) is 6.96. The predicted molar refractivity (Wildman–Crippen MR) is 128 cm³/mol. The van der Waals surface area contributed by atoms with Crippen molar-refractivity contribution >= 4 is 45.6 Å². The van der Waals surface area contributed by atoms with E-state index in [1.807, 2.05) is 63.2 Å². The molecule has 164 valence electrons. The molecule has 0 saturated heterocycles. The Bertz CT molecular complexity index is 1200. The number of nitrogens with one attached hydrogen (secondary N) is 3. The van der Waals surface area contributed by atoms with E-state index in [-0.39, 0.29) is 12.3 Å². The van der Waals surface area contributed by atoms with Crippen molar-refractivity contribution in [3.05, 3.63) is 71.3 Å². The van der Waals surface area contributed by atoms with Crippen molar-refractivity contribution in [2.75, 3.05) is 10.6 Å². The molecule has 0 unspecified atom stereocenters. The molecule has 32 heavy (non-hydrogen) atoms. The van der Waals surface area contributed by atoms with E-state index in [9.17, 15) is 14.4 Å². The molecule has 0 fully saturated rings. The van der Waals surface area contributed by atoms with Crippen LogP contribution in [0.25, 0.3) is 10.8 Å². The number of hydrazone groups is 1. The number of amides is 3. The van der Waals surface area contributed by atoms with Crippen molar-refractivity contribution in [2.45, 2.75) is 34.1 Å². The fourth-order valence-electron chi connectivity index (χ4n) is 3.54. The molecule has 3 aromatic carbocycles. The maximum absolute atomic E-state index is 12.4. The number of benzene rings is 3. The van der Waals surface area contributed by atoms with E-state index < -0.39 is 11.8 Å². The first-order chi connectivity index (χ1) is 15.2. The summed E-state index contributed by atoms with van der Waals surface area (Å²) < 4.78 is 0. The second-order valence-electron chi connectivity index (χ2n) is 7.77. The number of rotatable bonds is 5. The van der Waals surface area contributed by atoms with Gasteiger partial charge in [0.15, 0.2) is 0 Å². The largest absolute Gasteiger partial charge is 0.329 e. The van der Waals surface area contributed by atoms with E-state index in [1.54, 1.807) is 19.1 Å². The van der Waals surface area contributed by atoms with Crippen LogP contribution in [0.3, 0.4) is 0 Å². The van der Waals surface area contributed by atoms with Gasteiger partial charge in [-0.2, -0.15) is 5.10 Å². The highest BCUT2D eigenvalue weighted by atomic mass is 16.2. The van der Waals surface area contributed by atoms with E-state index >= 15 is 0 Å². The third-order valence-corrected chi connectivity index (χ3v) is 4.95. The smallest absolute Gasteiger partial charge is 0.325 e. The highest BCUT2D eigenvalue weighted by Gasteiger charge is 2.15. The molecule has 0 aliphatic carbocycles. The van der Waals surface area contributed by atoms with Gasteiger partial charge in [-0.25, -0.2) is 5.43 Å². The minimum Gasteiger partial charge on any atom is -0.325 e. The van der Waals surface area contributed by atoms with Crippen molar-refractivity contribution in [2.24, 2.45) is 5.10 Å². The van der Waals surface area contributed by atoms with Gasteiger partial charge in [-0.1, -0.05) is 54.1 Å². The molecule has 0 heterocycles. The third kappa shape index (κ3) is 5.57. The first-order valence-electron chi connectivity index (χ1n) is 10.2. The molecule has 3 amide bonds. The standard InChI is InChI=1S/C25H26N4O3/c1-15-12-16(2)23(17(3)13-15)27-22(30)14-18(4)28-29-25(32)24(31)26-21-11-7-9-19-8-5-6-10-20(19)21/h5-13H,14H2,1-4H3,(H,26,31)(H,27,30)(H,29,32). The number of carbonyl (C=O) groups is 3. The highest BCUT2D eigenvalue weighted by molar-refractivity contribution is 6.40. The molecular formula is C25H26N4O3. The number of aryl methyl sites for hydroxylation is 3. The molecule has 0 radical (unpaired) electrons. The molecule has 0 bridgehead atoms. The summed E-state index contributed by atoms with van der Waals surface area (Å²) in [6.07, 6.45) is -0.0159. The fraction of sp³-hybridized carbons (Fsp3) is 0.200. The number of nitrogens with zero attached hydrogens (tertiary/aromatic N) is 1. The van der Waals surface area contributed by atoms with E-state index in [2.05, 4.69) is 21.2 Å². The van der Waals surface area contributed by atoms with E-state index in [4.69, 9.17) is 0 Å². The zero-order chi connectivity index (χ0) is 23.3. The van der Waals surface area contributed by atoms with Gasteiger partial charge in [-0.3, -0.25) is 14.4 Å². The number of hydrogen-bond donors (Lipinski definition) is 3. The second kappa shape index (κ2) is 9.87. The van der Waals surface area contributed by atoms with Gasteiger partial charge in [-0.05, 0) is 50.3 Å². The van der Waals surface area contributed by atoms with Crippen LogP contribution in [0.15, 0.2) is 59.7 Å². The molecule has 0 atom stereocenters. The topological polar surface area (TPSA) is 99.7 Å². The zero-order valence-corrected chi connectivity index (χ0v) is 18.6. The average molecular weight is 431 g/mol. The summed E-state index contributed by atoms with van der Waals surface area (Å²) in [6.45, 7) is 7.48. The maximum Gasteiger partial charge on any atom is 0.329 e. The van der Waals surface area contributed by atoms with Crippen molar-refractivity contribution in [3.63, 3.8) is 0 Å². The quantitative estimate of drug-likeness (QED) is 0.321. The van der Waals surface area contributed by atoms with Crippen LogP contribution in [0, 0.1) is 20.8 Å². The van der Waals surface area contributed by atoms with Crippen molar-refractivity contribution < 1.29 is 14.4 Å². The third-order valence-electron chi connectivity index (χ3n) is 4.95. The van der Waals surface area contributed by atoms with E-state index in [1.165, 1.54) is 0 Å². The Morgan fingerprint density at radius 3 is 2.22 bits per heavy atom. The maximum atomic E-state index is 12.4. The van der Waals surface area contributed by atoms with Gasteiger partial charge in [0.05, 0.1) is 6.42 Å². The first kappa shape index (κ1) is 22.7. The Hall–Kier alpha value is -4.00. The molecule has 0 aromatic heterocycles. The minimum atomic E-state index is -0.914. The lowest BCUT2D eigenvalue weighted by Crippen LogP contribution is -2.33. The second-order valence-corrected chi connectivity index (χ2v) is 7.77. The highest BCUT2D eigenvalue weighted by Crippen LogP contribution is 2.23. The molecule has 3 N–H and O–H groups in total. The Morgan fingerprint density at radius 1 is 0.844 bits per heavy atom. The van der Waals surface area contributed by atoms with E-state index in [0.717, 1.165) is 33.2 Å². The number of carbonyl (C=O) groups excluding carboxylic acids is 3. The molecule has 7 nitrogen and oxygen atoms in total. The summed E-state index contributed by atoms with van der Waals surface area (Å²) in [5.74, 6) is -2.01. The SMILES string of the molecule is CC(CC(=O)Nc1c(C)cc(C)cc1C)=NNC(=O)C(=O)Nc1cccc2ccccc12. The predicted octanol–water partition coefficient (Wildman–Crippen LogP) is 4.22. The molecule has 3 rings (SSSR count). The number of fused-ring (bicyclic) bond motifs is 1. The number of hydrogen-bond acceptors (Lipinski definition) is 4. The lowest BCUT2D eigenvalue weighted by molar-refractivity contribution is -0.136. The van der Waals surface area contributed by atoms with Gasteiger partial charge in [0.25, 0.3) is 0 Å². The van der Waals surface area contributed by atoms with Crippen LogP contribution < -0.4 is 16.1 Å². The zero-order valence-electron chi connectivity index (χ0n) is 18.6. The number of anilines is 2. The van der Waals surface area contributed by atoms with Crippen molar-refractivity contribution in [1.29, 1.82) is 0 Å². The van der Waals surface area contributed by atoms with Crippen LogP contribution >= 0.6 is 0 Å². The van der Waals surface area contributed by atoms with E-state index in [0.29, 0.717) is 11.4 Å². The monoisotopic (exact) mass is 430 g/mol. The Kier molecular flexibility index (Phi) is 7.00. The fourth-order valence-corrected chi connectivity index (χ4v) is 3.54. The van der Waals surface area contributed by atoms with Gasteiger partial charge in [-0.15, -0.1) is 0 Å². The van der Waals surface area contributed by atoms with Gasteiger partial charge in [0, 0.05) is 22.5 Å². The van der Waals surface area contributed by atoms with Crippen LogP contribution in [-0.2, 0) is 14.4 Å². The van der Waals surface area contributed by atoms with Crippen molar-refractivity contribution in [1.82, 2.24) is 5.43 Å². The molecule has 0 saturated carbocycles. The molecular weight excluding hydrogens is 404 g/mol. The van der Waals surface area contributed by atoms with Crippen LogP contribution in [0.2, 0.25) is 0 Å². The van der Waals surface area contributed by atoms with Gasteiger partial charge in [0.1, 0.15) is 0 Å². The van der Waals surface area contributed by atoms with Crippen LogP contribution in [-0.4, -0.2) is 23.4 Å².